The Balaban J connectivity index is 1.51. The summed E-state index contributed by atoms with van der Waals surface area (Å²) in [4.78, 5) is 41.5. The van der Waals surface area contributed by atoms with Crippen LogP contribution in [0.4, 0.5) is 9.93 Å². The van der Waals surface area contributed by atoms with Crippen molar-refractivity contribution in [1.29, 1.82) is 0 Å². The van der Waals surface area contributed by atoms with E-state index < -0.39 is 17.4 Å². The minimum absolute atomic E-state index is 0.123. The van der Waals surface area contributed by atoms with Crippen LogP contribution in [0.15, 0.2) is 54.6 Å². The van der Waals surface area contributed by atoms with E-state index in [9.17, 15) is 14.4 Å². The maximum atomic E-state index is 12.2. The van der Waals surface area contributed by atoms with Crippen LogP contribution in [0, 0.1) is 12.3 Å². The lowest BCUT2D eigenvalue weighted by atomic mass is 9.97. The fourth-order valence-corrected chi connectivity index (χ4v) is 3.60. The van der Waals surface area contributed by atoms with Gasteiger partial charge in [0.25, 0.3) is 0 Å². The molecular formula is C25H27N3O5S. The number of nitrogens with zero attached hydrogens (tertiary/aromatic N) is 1. The van der Waals surface area contributed by atoms with Gasteiger partial charge < -0.3 is 20.1 Å². The van der Waals surface area contributed by atoms with E-state index in [1.54, 1.807) is 32.9 Å². The summed E-state index contributed by atoms with van der Waals surface area (Å²) in [7, 11) is 0. The maximum Gasteiger partial charge on any atom is 0.407 e. The number of rotatable bonds is 7. The third-order valence-corrected chi connectivity index (χ3v) is 5.49. The van der Waals surface area contributed by atoms with Gasteiger partial charge in [-0.15, -0.1) is 11.3 Å². The Morgan fingerprint density at radius 3 is 2.32 bits per heavy atom. The lowest BCUT2D eigenvalue weighted by Gasteiger charge is -2.16. The van der Waals surface area contributed by atoms with Crippen molar-refractivity contribution in [3.8, 4) is 17.0 Å². The SMILES string of the molecule is Cc1sc(NC(=O)CNC(=O)OCc2ccccc2)nc1-c1ccc(OC(=O)C(C)(C)C)cc1. The van der Waals surface area contributed by atoms with Crippen molar-refractivity contribution in [2.45, 2.75) is 34.3 Å². The highest BCUT2D eigenvalue weighted by Gasteiger charge is 2.23. The highest BCUT2D eigenvalue weighted by atomic mass is 32.1. The summed E-state index contributed by atoms with van der Waals surface area (Å²) in [6.07, 6.45) is -0.678. The van der Waals surface area contributed by atoms with E-state index >= 15 is 0 Å². The molecule has 3 rings (SSSR count). The molecule has 1 aromatic heterocycles. The van der Waals surface area contributed by atoms with Crippen LogP contribution in [-0.2, 0) is 20.9 Å². The van der Waals surface area contributed by atoms with Crippen LogP contribution < -0.4 is 15.4 Å². The molecule has 0 aliphatic heterocycles. The van der Waals surface area contributed by atoms with E-state index in [1.807, 2.05) is 49.4 Å². The Morgan fingerprint density at radius 2 is 1.68 bits per heavy atom. The zero-order valence-corrected chi connectivity index (χ0v) is 20.3. The Labute approximate surface area is 202 Å². The number of aryl methyl sites for hydroxylation is 1. The second kappa shape index (κ2) is 10.9. The van der Waals surface area contributed by atoms with Gasteiger partial charge >= 0.3 is 12.1 Å². The summed E-state index contributed by atoms with van der Waals surface area (Å²) < 4.78 is 10.5. The Kier molecular flexibility index (Phi) is 8.01. The topological polar surface area (TPSA) is 107 Å². The monoisotopic (exact) mass is 481 g/mol. The summed E-state index contributed by atoms with van der Waals surface area (Å²) >= 11 is 1.33. The first kappa shape index (κ1) is 24.9. The van der Waals surface area contributed by atoms with Gasteiger partial charge in [0, 0.05) is 10.4 Å². The number of benzene rings is 2. The fraction of sp³-hybridized carbons (Fsp3) is 0.280. The van der Waals surface area contributed by atoms with Gasteiger partial charge in [0.15, 0.2) is 5.13 Å². The zero-order valence-electron chi connectivity index (χ0n) is 19.5. The minimum Gasteiger partial charge on any atom is -0.445 e. The standard InChI is InChI=1S/C25H27N3O5S/c1-16-21(18-10-12-19(13-11-18)33-22(30)25(2,3)4)28-23(34-16)27-20(29)14-26-24(31)32-15-17-8-6-5-7-9-17/h5-13H,14-15H2,1-4H3,(H,26,31)(H,27,28,29). The molecule has 0 unspecified atom stereocenters. The number of hydrogen-bond acceptors (Lipinski definition) is 7. The molecule has 9 heteroatoms. The maximum absolute atomic E-state index is 12.2. The number of aromatic nitrogens is 1. The number of thiazole rings is 1. The molecule has 0 saturated heterocycles. The van der Waals surface area contributed by atoms with Crippen LogP contribution in [-0.4, -0.2) is 29.5 Å². The van der Waals surface area contributed by atoms with Crippen molar-refractivity contribution >= 4 is 34.4 Å². The van der Waals surface area contributed by atoms with E-state index in [0.717, 1.165) is 16.0 Å². The van der Waals surface area contributed by atoms with Gasteiger partial charge in [0.2, 0.25) is 5.91 Å². The molecule has 0 saturated carbocycles. The first-order valence-corrected chi connectivity index (χ1v) is 11.5. The van der Waals surface area contributed by atoms with Crippen LogP contribution >= 0.6 is 11.3 Å². The van der Waals surface area contributed by atoms with E-state index in [2.05, 4.69) is 15.6 Å². The Bertz CT molecular complexity index is 1150. The van der Waals surface area contributed by atoms with Crippen LogP contribution in [0.3, 0.4) is 0 Å². The average molecular weight is 482 g/mol. The van der Waals surface area contributed by atoms with Gasteiger partial charge in [-0.3, -0.25) is 9.59 Å². The number of alkyl carbamates (subject to hydrolysis) is 1. The van der Waals surface area contributed by atoms with Crippen LogP contribution in [0.2, 0.25) is 0 Å². The van der Waals surface area contributed by atoms with Crippen LogP contribution in [0.1, 0.15) is 31.2 Å². The van der Waals surface area contributed by atoms with E-state index in [4.69, 9.17) is 9.47 Å². The quantitative estimate of drug-likeness (QED) is 0.366. The summed E-state index contributed by atoms with van der Waals surface area (Å²) in [5.74, 6) is -0.274. The predicted molar refractivity (Wildman–Crippen MR) is 131 cm³/mol. The third kappa shape index (κ3) is 7.14. The van der Waals surface area contributed by atoms with Crippen LogP contribution in [0.5, 0.6) is 5.75 Å². The molecule has 0 aliphatic rings. The molecule has 0 fully saturated rings. The summed E-state index contributed by atoms with van der Waals surface area (Å²) in [5.41, 5.74) is 1.80. The third-order valence-electron chi connectivity index (χ3n) is 4.60. The normalized spacial score (nSPS) is 10.9. The molecule has 8 nitrogen and oxygen atoms in total. The van der Waals surface area contributed by atoms with Crippen molar-refractivity contribution in [1.82, 2.24) is 10.3 Å². The van der Waals surface area contributed by atoms with Crippen molar-refractivity contribution < 1.29 is 23.9 Å². The van der Waals surface area contributed by atoms with Gasteiger partial charge in [-0.2, -0.15) is 0 Å². The van der Waals surface area contributed by atoms with Gasteiger partial charge in [-0.25, -0.2) is 9.78 Å². The molecule has 3 aromatic rings. The molecule has 34 heavy (non-hydrogen) atoms. The fourth-order valence-electron chi connectivity index (χ4n) is 2.75. The first-order valence-electron chi connectivity index (χ1n) is 10.7. The van der Waals surface area contributed by atoms with E-state index in [0.29, 0.717) is 16.6 Å². The molecule has 2 aromatic carbocycles. The second-order valence-electron chi connectivity index (χ2n) is 8.55. The molecule has 0 spiro atoms. The number of anilines is 1. The molecule has 0 bridgehead atoms. The first-order chi connectivity index (χ1) is 16.1. The Hall–Kier alpha value is -3.72. The minimum atomic E-state index is -0.678. The van der Waals surface area contributed by atoms with E-state index in [1.165, 1.54) is 11.3 Å². The molecule has 0 radical (unpaired) electrons. The number of ether oxygens (including phenoxy) is 2. The number of nitrogens with one attached hydrogen (secondary N) is 2. The molecule has 0 aliphatic carbocycles. The predicted octanol–water partition coefficient (Wildman–Crippen LogP) is 4.93. The van der Waals surface area contributed by atoms with E-state index in [-0.39, 0.29) is 19.1 Å². The summed E-state index contributed by atoms with van der Waals surface area (Å²) in [5, 5.41) is 5.52. The number of esters is 1. The highest BCUT2D eigenvalue weighted by molar-refractivity contribution is 7.16. The summed E-state index contributed by atoms with van der Waals surface area (Å²) in [6.45, 7) is 7.16. The molecule has 2 N–H and O–H groups in total. The van der Waals surface area contributed by atoms with Crippen molar-refractivity contribution in [2.24, 2.45) is 5.41 Å². The molecule has 1 heterocycles. The number of amides is 2. The van der Waals surface area contributed by atoms with Gasteiger partial charge in [-0.05, 0) is 57.5 Å². The number of hydrogen-bond donors (Lipinski definition) is 2. The number of carbonyl (C=O) groups is 3. The lowest BCUT2D eigenvalue weighted by molar-refractivity contribution is -0.143. The second-order valence-corrected chi connectivity index (χ2v) is 9.75. The summed E-state index contributed by atoms with van der Waals surface area (Å²) in [6, 6.07) is 16.3. The van der Waals surface area contributed by atoms with Crippen molar-refractivity contribution in [3.63, 3.8) is 0 Å². The molecule has 178 valence electrons. The Morgan fingerprint density at radius 1 is 1.00 bits per heavy atom. The van der Waals surface area contributed by atoms with Crippen molar-refractivity contribution in [3.05, 3.63) is 65.0 Å². The van der Waals surface area contributed by atoms with Crippen LogP contribution in [0.25, 0.3) is 11.3 Å². The molecule has 0 atom stereocenters. The van der Waals surface area contributed by atoms with Gasteiger partial charge in [0.05, 0.1) is 11.1 Å². The van der Waals surface area contributed by atoms with Crippen molar-refractivity contribution in [2.75, 3.05) is 11.9 Å². The molecule has 2 amide bonds. The smallest absolute Gasteiger partial charge is 0.407 e. The average Bonchev–Trinajstić information content (AvgIpc) is 3.16. The zero-order chi connectivity index (χ0) is 24.7. The number of carbonyl (C=O) groups excluding carboxylic acids is 3. The van der Waals surface area contributed by atoms with Gasteiger partial charge in [-0.1, -0.05) is 30.3 Å². The molecular weight excluding hydrogens is 454 g/mol. The lowest BCUT2D eigenvalue weighted by Crippen LogP contribution is -2.33. The highest BCUT2D eigenvalue weighted by Crippen LogP contribution is 2.31. The van der Waals surface area contributed by atoms with Gasteiger partial charge in [0.1, 0.15) is 18.9 Å². The largest absolute Gasteiger partial charge is 0.445 e.